The van der Waals surface area contributed by atoms with Crippen molar-refractivity contribution in [3.05, 3.63) is 34.4 Å². The van der Waals surface area contributed by atoms with Gasteiger partial charge in [-0.15, -0.1) is 0 Å². The highest BCUT2D eigenvalue weighted by molar-refractivity contribution is 9.10. The summed E-state index contributed by atoms with van der Waals surface area (Å²) in [6.45, 7) is 1.87. The topological polar surface area (TPSA) is 72.2 Å². The number of anilines is 1. The van der Waals surface area contributed by atoms with Crippen LogP contribution in [0.25, 0.3) is 0 Å². The van der Waals surface area contributed by atoms with Crippen molar-refractivity contribution >= 4 is 33.2 Å². The maximum Gasteiger partial charge on any atom is 0.271 e. The van der Waals surface area contributed by atoms with Gasteiger partial charge in [0.15, 0.2) is 0 Å². The monoisotopic (exact) mass is 286 g/mol. The van der Waals surface area contributed by atoms with Gasteiger partial charge in [0.25, 0.3) is 5.69 Å². The van der Waals surface area contributed by atoms with Gasteiger partial charge in [-0.3, -0.25) is 14.9 Å². The Labute approximate surface area is 101 Å². The third-order valence-corrected chi connectivity index (χ3v) is 3.03. The average molecular weight is 287 g/mol. The molecule has 0 unspecified atom stereocenters. The van der Waals surface area contributed by atoms with E-state index in [0.29, 0.717) is 12.1 Å². The van der Waals surface area contributed by atoms with Crippen LogP contribution in [0.15, 0.2) is 24.3 Å². The van der Waals surface area contributed by atoms with Crippen LogP contribution in [-0.2, 0) is 4.79 Å². The SMILES string of the molecule is CC[C@H](Br)C(=O)Nc1cccc([N+](=O)[O-])c1. The summed E-state index contributed by atoms with van der Waals surface area (Å²) in [4.78, 5) is 21.2. The Bertz CT molecular complexity index is 409. The van der Waals surface area contributed by atoms with E-state index in [-0.39, 0.29) is 16.4 Å². The number of nitro benzene ring substituents is 1. The van der Waals surface area contributed by atoms with Crippen LogP contribution in [-0.4, -0.2) is 15.7 Å². The third kappa shape index (κ3) is 3.30. The summed E-state index contributed by atoms with van der Waals surface area (Å²) in [5, 5.41) is 13.1. The van der Waals surface area contributed by atoms with E-state index >= 15 is 0 Å². The fourth-order valence-corrected chi connectivity index (χ4v) is 1.22. The molecular formula is C10H11BrN2O3. The fraction of sp³-hybridized carbons (Fsp3) is 0.300. The largest absolute Gasteiger partial charge is 0.325 e. The second-order valence-corrected chi connectivity index (χ2v) is 4.28. The molecule has 5 nitrogen and oxygen atoms in total. The molecule has 1 N–H and O–H groups in total. The lowest BCUT2D eigenvalue weighted by molar-refractivity contribution is -0.384. The van der Waals surface area contributed by atoms with Gasteiger partial charge in [-0.2, -0.15) is 0 Å². The second-order valence-electron chi connectivity index (χ2n) is 3.17. The molecule has 0 heterocycles. The van der Waals surface area contributed by atoms with Crippen molar-refractivity contribution in [3.8, 4) is 0 Å². The van der Waals surface area contributed by atoms with Crippen LogP contribution in [0, 0.1) is 10.1 Å². The number of nitrogens with zero attached hydrogens (tertiary/aromatic N) is 1. The number of amides is 1. The van der Waals surface area contributed by atoms with Gasteiger partial charge in [0, 0.05) is 17.8 Å². The number of benzene rings is 1. The number of carbonyl (C=O) groups excluding carboxylic acids is 1. The Morgan fingerprint density at radius 2 is 2.31 bits per heavy atom. The van der Waals surface area contributed by atoms with E-state index in [9.17, 15) is 14.9 Å². The summed E-state index contributed by atoms with van der Waals surface area (Å²) < 4.78 is 0. The first kappa shape index (κ1) is 12.6. The third-order valence-electron chi connectivity index (χ3n) is 1.97. The van der Waals surface area contributed by atoms with Gasteiger partial charge in [0.05, 0.1) is 9.75 Å². The van der Waals surface area contributed by atoms with Crippen LogP contribution in [0.1, 0.15) is 13.3 Å². The quantitative estimate of drug-likeness (QED) is 0.525. The molecular weight excluding hydrogens is 276 g/mol. The molecule has 86 valence electrons. The molecule has 0 saturated heterocycles. The number of halogens is 1. The number of alkyl halides is 1. The van der Waals surface area contributed by atoms with E-state index in [1.165, 1.54) is 18.2 Å². The number of nitro groups is 1. The molecule has 1 rings (SSSR count). The molecule has 1 amide bonds. The zero-order chi connectivity index (χ0) is 12.1. The van der Waals surface area contributed by atoms with E-state index in [1.807, 2.05) is 6.92 Å². The van der Waals surface area contributed by atoms with Gasteiger partial charge >= 0.3 is 0 Å². The Balaban J connectivity index is 2.78. The minimum absolute atomic E-state index is 0.0413. The Morgan fingerprint density at radius 1 is 1.62 bits per heavy atom. The highest BCUT2D eigenvalue weighted by Crippen LogP contribution is 2.18. The Morgan fingerprint density at radius 3 is 2.88 bits per heavy atom. The van der Waals surface area contributed by atoms with E-state index in [2.05, 4.69) is 21.2 Å². The minimum Gasteiger partial charge on any atom is -0.325 e. The van der Waals surface area contributed by atoms with Crippen LogP contribution in [0.4, 0.5) is 11.4 Å². The predicted molar refractivity (Wildman–Crippen MR) is 64.7 cm³/mol. The fourth-order valence-electron chi connectivity index (χ4n) is 1.10. The van der Waals surface area contributed by atoms with Gasteiger partial charge < -0.3 is 5.32 Å². The standard InChI is InChI=1S/C10H11BrN2O3/c1-2-9(11)10(14)12-7-4-3-5-8(6-7)13(15)16/h3-6,9H,2H2,1H3,(H,12,14)/t9-/m0/s1. The summed E-state index contributed by atoms with van der Waals surface area (Å²) in [6, 6.07) is 5.84. The molecule has 1 aromatic carbocycles. The minimum atomic E-state index is -0.499. The summed E-state index contributed by atoms with van der Waals surface area (Å²) >= 11 is 3.20. The number of carbonyl (C=O) groups is 1. The first-order valence-electron chi connectivity index (χ1n) is 4.74. The zero-order valence-corrected chi connectivity index (χ0v) is 10.2. The maximum atomic E-state index is 11.5. The van der Waals surface area contributed by atoms with Crippen molar-refractivity contribution in [1.29, 1.82) is 0 Å². The summed E-state index contributed by atoms with van der Waals surface area (Å²) in [7, 11) is 0. The summed E-state index contributed by atoms with van der Waals surface area (Å²) in [6.07, 6.45) is 0.654. The molecule has 1 aromatic rings. The highest BCUT2D eigenvalue weighted by Gasteiger charge is 2.13. The molecule has 1 atom stereocenters. The molecule has 6 heteroatoms. The van der Waals surface area contributed by atoms with Gasteiger partial charge in [-0.05, 0) is 12.5 Å². The number of hydrogen-bond donors (Lipinski definition) is 1. The lowest BCUT2D eigenvalue weighted by atomic mass is 10.2. The van der Waals surface area contributed by atoms with Crippen molar-refractivity contribution < 1.29 is 9.72 Å². The van der Waals surface area contributed by atoms with Crippen molar-refractivity contribution in [2.24, 2.45) is 0 Å². The Hall–Kier alpha value is -1.43. The van der Waals surface area contributed by atoms with E-state index in [0.717, 1.165) is 0 Å². The van der Waals surface area contributed by atoms with E-state index in [1.54, 1.807) is 6.07 Å². The van der Waals surface area contributed by atoms with Gasteiger partial charge in [0.1, 0.15) is 0 Å². The van der Waals surface area contributed by atoms with Crippen LogP contribution in [0.2, 0.25) is 0 Å². The van der Waals surface area contributed by atoms with Crippen molar-refractivity contribution in [2.45, 2.75) is 18.2 Å². The molecule has 0 fully saturated rings. The van der Waals surface area contributed by atoms with E-state index < -0.39 is 4.92 Å². The molecule has 0 aliphatic heterocycles. The number of non-ortho nitro benzene ring substituents is 1. The van der Waals surface area contributed by atoms with Gasteiger partial charge in [0.2, 0.25) is 5.91 Å². The first-order chi connectivity index (χ1) is 7.54. The molecule has 0 spiro atoms. The molecule has 0 radical (unpaired) electrons. The van der Waals surface area contributed by atoms with Gasteiger partial charge in [-0.1, -0.05) is 28.9 Å². The average Bonchev–Trinajstić information content (AvgIpc) is 2.28. The normalized spacial score (nSPS) is 11.9. The second kappa shape index (κ2) is 5.60. The maximum absolute atomic E-state index is 11.5. The number of nitrogens with one attached hydrogen (secondary N) is 1. The molecule has 0 saturated carbocycles. The van der Waals surface area contributed by atoms with Gasteiger partial charge in [-0.25, -0.2) is 0 Å². The molecule has 0 aliphatic rings. The molecule has 0 aliphatic carbocycles. The highest BCUT2D eigenvalue weighted by atomic mass is 79.9. The number of hydrogen-bond acceptors (Lipinski definition) is 3. The number of rotatable bonds is 4. The molecule has 16 heavy (non-hydrogen) atoms. The Kier molecular flexibility index (Phi) is 4.42. The van der Waals surface area contributed by atoms with E-state index in [4.69, 9.17) is 0 Å². The van der Waals surface area contributed by atoms with Crippen molar-refractivity contribution in [3.63, 3.8) is 0 Å². The summed E-state index contributed by atoms with van der Waals surface area (Å²) in [5.41, 5.74) is 0.387. The zero-order valence-electron chi connectivity index (χ0n) is 8.64. The summed E-state index contributed by atoms with van der Waals surface area (Å²) in [5.74, 6) is -0.206. The lowest BCUT2D eigenvalue weighted by Crippen LogP contribution is -2.21. The van der Waals surface area contributed by atoms with Crippen LogP contribution in [0.5, 0.6) is 0 Å². The smallest absolute Gasteiger partial charge is 0.271 e. The van der Waals surface area contributed by atoms with Crippen LogP contribution in [0.3, 0.4) is 0 Å². The van der Waals surface area contributed by atoms with Crippen LogP contribution < -0.4 is 5.32 Å². The predicted octanol–water partition coefficient (Wildman–Crippen LogP) is 2.71. The molecule has 0 aromatic heterocycles. The van der Waals surface area contributed by atoms with Crippen molar-refractivity contribution in [2.75, 3.05) is 5.32 Å². The first-order valence-corrected chi connectivity index (χ1v) is 5.65. The lowest BCUT2D eigenvalue weighted by Gasteiger charge is -2.08. The van der Waals surface area contributed by atoms with Crippen molar-refractivity contribution in [1.82, 2.24) is 0 Å². The molecule has 0 bridgehead atoms. The van der Waals surface area contributed by atoms with Crippen LogP contribution >= 0.6 is 15.9 Å².